The van der Waals surface area contributed by atoms with E-state index in [1.54, 1.807) is 36.4 Å². The first-order valence-electron chi connectivity index (χ1n) is 10.1. The third kappa shape index (κ3) is 5.43. The second-order valence-corrected chi connectivity index (χ2v) is 10.5. The molecule has 1 saturated heterocycles. The summed E-state index contributed by atoms with van der Waals surface area (Å²) in [6, 6.07) is 12.9. The van der Waals surface area contributed by atoms with E-state index >= 15 is 0 Å². The SMILES string of the molecule is CS(=O)(=O)c1ccc(Nc2nc(CC(=O)N3CCN(c4ccc(F)cc4)CC3)cs2)cc1. The van der Waals surface area contributed by atoms with Crippen LogP contribution in [0.15, 0.2) is 58.8 Å². The average Bonchev–Trinajstić information content (AvgIpc) is 3.21. The molecule has 0 unspecified atom stereocenters. The Hall–Kier alpha value is -2.98. The van der Waals surface area contributed by atoms with Crippen LogP contribution in [0.25, 0.3) is 0 Å². The molecule has 0 saturated carbocycles. The van der Waals surface area contributed by atoms with Crippen molar-refractivity contribution in [1.82, 2.24) is 9.88 Å². The van der Waals surface area contributed by atoms with Gasteiger partial charge >= 0.3 is 0 Å². The van der Waals surface area contributed by atoms with Crippen LogP contribution in [0.2, 0.25) is 0 Å². The van der Waals surface area contributed by atoms with Crippen molar-refractivity contribution in [2.75, 3.05) is 42.7 Å². The molecule has 4 rings (SSSR count). The summed E-state index contributed by atoms with van der Waals surface area (Å²) in [6.07, 6.45) is 1.39. The van der Waals surface area contributed by atoms with Gasteiger partial charge < -0.3 is 15.1 Å². The molecule has 0 aliphatic carbocycles. The number of hydrogen-bond acceptors (Lipinski definition) is 7. The van der Waals surface area contributed by atoms with Crippen molar-refractivity contribution in [3.05, 3.63) is 65.4 Å². The highest BCUT2D eigenvalue weighted by Gasteiger charge is 2.22. The lowest BCUT2D eigenvalue weighted by Crippen LogP contribution is -2.49. The van der Waals surface area contributed by atoms with Crippen LogP contribution < -0.4 is 10.2 Å². The fraction of sp³-hybridized carbons (Fsp3) is 0.273. The molecule has 0 atom stereocenters. The number of nitrogens with one attached hydrogen (secondary N) is 1. The highest BCUT2D eigenvalue weighted by molar-refractivity contribution is 7.90. The van der Waals surface area contributed by atoms with E-state index < -0.39 is 9.84 Å². The Bertz CT molecular complexity index is 1190. The molecule has 0 spiro atoms. The molecule has 32 heavy (non-hydrogen) atoms. The van der Waals surface area contributed by atoms with Crippen LogP contribution in [0.5, 0.6) is 0 Å². The number of carbonyl (C=O) groups is 1. The van der Waals surface area contributed by atoms with Crippen molar-refractivity contribution in [1.29, 1.82) is 0 Å². The summed E-state index contributed by atoms with van der Waals surface area (Å²) in [5, 5.41) is 5.62. The highest BCUT2D eigenvalue weighted by atomic mass is 32.2. The summed E-state index contributed by atoms with van der Waals surface area (Å²) in [4.78, 5) is 21.4. The topological polar surface area (TPSA) is 82.6 Å². The molecule has 2 aromatic carbocycles. The Kier molecular flexibility index (Phi) is 6.43. The van der Waals surface area contributed by atoms with Gasteiger partial charge in [0.25, 0.3) is 0 Å². The minimum Gasteiger partial charge on any atom is -0.368 e. The molecule has 7 nitrogen and oxygen atoms in total. The second kappa shape index (κ2) is 9.25. The molecule has 1 aliphatic rings. The lowest BCUT2D eigenvalue weighted by molar-refractivity contribution is -0.130. The number of aromatic nitrogens is 1. The van der Waals surface area contributed by atoms with Gasteiger partial charge in [-0.25, -0.2) is 17.8 Å². The number of anilines is 3. The van der Waals surface area contributed by atoms with Crippen LogP contribution >= 0.6 is 11.3 Å². The summed E-state index contributed by atoms with van der Waals surface area (Å²) in [5.74, 6) is -0.233. The molecule has 2 heterocycles. The molecule has 1 fully saturated rings. The third-order valence-electron chi connectivity index (χ3n) is 5.24. The first kappa shape index (κ1) is 22.2. The molecule has 0 radical (unpaired) electrons. The standard InChI is InChI=1S/C22H23FN4O3S2/c1-32(29,30)20-8-4-17(5-9-20)24-22-25-18(15-31-22)14-21(28)27-12-10-26(11-13-27)19-6-2-16(23)3-7-19/h2-9,15H,10-14H2,1H3,(H,24,25). The van der Waals surface area contributed by atoms with Crippen molar-refractivity contribution in [3.63, 3.8) is 0 Å². The van der Waals surface area contributed by atoms with E-state index in [1.807, 2.05) is 10.3 Å². The monoisotopic (exact) mass is 474 g/mol. The lowest BCUT2D eigenvalue weighted by atomic mass is 10.2. The van der Waals surface area contributed by atoms with E-state index in [9.17, 15) is 17.6 Å². The van der Waals surface area contributed by atoms with Gasteiger partial charge in [0.05, 0.1) is 17.0 Å². The number of carbonyl (C=O) groups excluding carboxylic acids is 1. The van der Waals surface area contributed by atoms with Gasteiger partial charge in [-0.3, -0.25) is 4.79 Å². The van der Waals surface area contributed by atoms with Crippen LogP contribution in [-0.4, -0.2) is 56.6 Å². The van der Waals surface area contributed by atoms with Crippen molar-refractivity contribution in [2.24, 2.45) is 0 Å². The summed E-state index contributed by atoms with van der Waals surface area (Å²) in [6.45, 7) is 2.62. The summed E-state index contributed by atoms with van der Waals surface area (Å²) < 4.78 is 36.2. The quantitative estimate of drug-likeness (QED) is 0.590. The number of nitrogens with zero attached hydrogens (tertiary/aromatic N) is 3. The average molecular weight is 475 g/mol. The minimum atomic E-state index is -3.23. The van der Waals surface area contributed by atoms with Gasteiger partial charge in [-0.2, -0.15) is 0 Å². The third-order valence-corrected chi connectivity index (χ3v) is 7.18. The van der Waals surface area contributed by atoms with Gasteiger partial charge in [-0.1, -0.05) is 0 Å². The van der Waals surface area contributed by atoms with E-state index in [2.05, 4.69) is 15.2 Å². The maximum atomic E-state index is 13.1. The second-order valence-electron chi connectivity index (χ2n) is 7.59. The number of rotatable bonds is 6. The van der Waals surface area contributed by atoms with Gasteiger partial charge in [0.2, 0.25) is 5.91 Å². The number of benzene rings is 2. The normalized spacial score (nSPS) is 14.4. The Morgan fingerprint density at radius 2 is 1.72 bits per heavy atom. The number of piperazine rings is 1. The number of thiazole rings is 1. The van der Waals surface area contributed by atoms with Gasteiger partial charge in [0.1, 0.15) is 5.82 Å². The number of hydrogen-bond donors (Lipinski definition) is 1. The number of amides is 1. The molecule has 1 amide bonds. The molecule has 168 valence electrons. The molecule has 1 N–H and O–H groups in total. The predicted octanol–water partition coefficient (Wildman–Crippen LogP) is 3.32. The Morgan fingerprint density at radius 3 is 2.34 bits per heavy atom. The Morgan fingerprint density at radius 1 is 1.06 bits per heavy atom. The van der Waals surface area contributed by atoms with E-state index in [0.29, 0.717) is 37.0 Å². The van der Waals surface area contributed by atoms with E-state index in [-0.39, 0.29) is 23.0 Å². The maximum Gasteiger partial charge on any atom is 0.228 e. The van der Waals surface area contributed by atoms with E-state index in [1.165, 1.54) is 29.7 Å². The van der Waals surface area contributed by atoms with Crippen molar-refractivity contribution in [2.45, 2.75) is 11.3 Å². The van der Waals surface area contributed by atoms with Crippen LogP contribution in [0.3, 0.4) is 0 Å². The molecular formula is C22H23FN4O3S2. The van der Waals surface area contributed by atoms with Gasteiger partial charge in [0.15, 0.2) is 15.0 Å². The highest BCUT2D eigenvalue weighted by Crippen LogP contribution is 2.23. The van der Waals surface area contributed by atoms with Crippen LogP contribution in [0, 0.1) is 5.82 Å². The largest absolute Gasteiger partial charge is 0.368 e. The molecule has 0 bridgehead atoms. The summed E-state index contributed by atoms with van der Waals surface area (Å²) >= 11 is 1.39. The first-order chi connectivity index (χ1) is 15.3. The Balaban J connectivity index is 1.30. The fourth-order valence-electron chi connectivity index (χ4n) is 3.49. The number of halogens is 1. The van der Waals surface area contributed by atoms with Gasteiger partial charge in [-0.05, 0) is 48.5 Å². The smallest absolute Gasteiger partial charge is 0.228 e. The molecule has 1 aliphatic heterocycles. The molecule has 3 aromatic rings. The maximum absolute atomic E-state index is 13.1. The van der Waals surface area contributed by atoms with E-state index in [4.69, 9.17) is 0 Å². The predicted molar refractivity (Wildman–Crippen MR) is 124 cm³/mol. The summed E-state index contributed by atoms with van der Waals surface area (Å²) in [7, 11) is -3.23. The molecule has 1 aromatic heterocycles. The molecular weight excluding hydrogens is 451 g/mol. The minimum absolute atomic E-state index is 0.0260. The van der Waals surface area contributed by atoms with Gasteiger partial charge in [0, 0.05) is 49.2 Å². The zero-order chi connectivity index (χ0) is 22.7. The fourth-order valence-corrected chi connectivity index (χ4v) is 4.85. The van der Waals surface area contributed by atoms with E-state index in [0.717, 1.165) is 11.4 Å². The van der Waals surface area contributed by atoms with Gasteiger partial charge in [-0.15, -0.1) is 11.3 Å². The van der Waals surface area contributed by atoms with Crippen molar-refractivity contribution < 1.29 is 17.6 Å². The lowest BCUT2D eigenvalue weighted by Gasteiger charge is -2.36. The summed E-state index contributed by atoms with van der Waals surface area (Å²) in [5.41, 5.74) is 2.37. The van der Waals surface area contributed by atoms with Crippen LogP contribution in [0.4, 0.5) is 20.9 Å². The zero-order valence-electron chi connectivity index (χ0n) is 17.5. The zero-order valence-corrected chi connectivity index (χ0v) is 19.1. The number of sulfone groups is 1. The van der Waals surface area contributed by atoms with Crippen LogP contribution in [-0.2, 0) is 21.1 Å². The first-order valence-corrected chi connectivity index (χ1v) is 12.8. The van der Waals surface area contributed by atoms with Crippen molar-refractivity contribution in [3.8, 4) is 0 Å². The van der Waals surface area contributed by atoms with Crippen molar-refractivity contribution >= 4 is 43.6 Å². The Labute approximate surface area is 190 Å². The van der Waals surface area contributed by atoms with Crippen LogP contribution in [0.1, 0.15) is 5.69 Å². The molecule has 10 heteroatoms.